The van der Waals surface area contributed by atoms with E-state index in [-0.39, 0.29) is 0 Å². The van der Waals surface area contributed by atoms with Crippen molar-refractivity contribution >= 4 is 9.84 Å². The second-order valence-corrected chi connectivity index (χ2v) is 7.72. The molecule has 0 fully saturated rings. The molecule has 116 valence electrons. The maximum Gasteiger partial charge on any atom is 0.175 e. The molecule has 0 saturated carbocycles. The van der Waals surface area contributed by atoms with E-state index in [0.29, 0.717) is 4.90 Å². The molecule has 0 spiro atoms. The molecule has 2 nitrogen and oxygen atoms in total. The highest BCUT2D eigenvalue weighted by atomic mass is 32.2. The molecule has 0 aliphatic heterocycles. The molecule has 0 unspecified atom stereocenters. The maximum atomic E-state index is 11.6. The number of hydrogen-bond donors (Lipinski definition) is 0. The minimum absolute atomic E-state index is 0.342. The standard InChI is InChI=1S/C20H18O2S/c1-15-7-9-16(10-8-15)19-5-3-4-6-20(19)17-11-13-18(14-12-17)23(2,21)22/h3-14H,1-2H3. The van der Waals surface area contributed by atoms with Gasteiger partial charge in [0.2, 0.25) is 0 Å². The smallest absolute Gasteiger partial charge is 0.175 e. The summed E-state index contributed by atoms with van der Waals surface area (Å²) >= 11 is 0. The predicted octanol–water partition coefficient (Wildman–Crippen LogP) is 4.73. The fraction of sp³-hybridized carbons (Fsp3) is 0.100. The van der Waals surface area contributed by atoms with Gasteiger partial charge in [-0.1, -0.05) is 66.2 Å². The molecule has 0 bridgehead atoms. The van der Waals surface area contributed by atoms with Crippen LogP contribution in [0.4, 0.5) is 0 Å². The van der Waals surface area contributed by atoms with E-state index < -0.39 is 9.84 Å². The van der Waals surface area contributed by atoms with Crippen LogP contribution in [0, 0.1) is 6.92 Å². The number of rotatable bonds is 3. The van der Waals surface area contributed by atoms with E-state index in [4.69, 9.17) is 0 Å². The van der Waals surface area contributed by atoms with E-state index in [9.17, 15) is 8.42 Å². The van der Waals surface area contributed by atoms with Gasteiger partial charge >= 0.3 is 0 Å². The molecule has 0 aromatic heterocycles. The first-order valence-corrected chi connectivity index (χ1v) is 9.31. The van der Waals surface area contributed by atoms with E-state index in [1.54, 1.807) is 12.1 Å². The molecule has 3 aromatic rings. The Hall–Kier alpha value is -2.39. The Labute approximate surface area is 137 Å². The molecule has 0 amide bonds. The summed E-state index contributed by atoms with van der Waals surface area (Å²) in [7, 11) is -3.17. The number of aryl methyl sites for hydroxylation is 1. The third-order valence-electron chi connectivity index (χ3n) is 3.88. The van der Waals surface area contributed by atoms with E-state index in [1.807, 2.05) is 24.3 Å². The van der Waals surface area contributed by atoms with Crippen LogP contribution >= 0.6 is 0 Å². The van der Waals surface area contributed by atoms with E-state index in [0.717, 1.165) is 22.3 Å². The van der Waals surface area contributed by atoms with Crippen molar-refractivity contribution in [2.24, 2.45) is 0 Å². The average Bonchev–Trinajstić information content (AvgIpc) is 2.55. The Balaban J connectivity index is 2.09. The van der Waals surface area contributed by atoms with Crippen molar-refractivity contribution in [3.63, 3.8) is 0 Å². The molecular formula is C20H18O2S. The first-order chi connectivity index (χ1) is 10.9. The average molecular weight is 322 g/mol. The van der Waals surface area contributed by atoms with Crippen LogP contribution in [0.5, 0.6) is 0 Å². The van der Waals surface area contributed by atoms with Gasteiger partial charge in [-0.25, -0.2) is 8.42 Å². The molecule has 0 N–H and O–H groups in total. The van der Waals surface area contributed by atoms with Crippen LogP contribution in [0.3, 0.4) is 0 Å². The fourth-order valence-corrected chi connectivity index (χ4v) is 3.23. The second kappa shape index (κ2) is 6.01. The van der Waals surface area contributed by atoms with Gasteiger partial charge in [0.25, 0.3) is 0 Å². The van der Waals surface area contributed by atoms with Crippen molar-refractivity contribution in [2.75, 3.05) is 6.26 Å². The summed E-state index contributed by atoms with van der Waals surface area (Å²) in [6, 6.07) is 23.6. The summed E-state index contributed by atoms with van der Waals surface area (Å²) in [6.45, 7) is 2.07. The van der Waals surface area contributed by atoms with Crippen molar-refractivity contribution in [3.8, 4) is 22.3 Å². The minimum atomic E-state index is -3.17. The van der Waals surface area contributed by atoms with Crippen LogP contribution in [0.15, 0.2) is 77.7 Å². The van der Waals surface area contributed by atoms with Crippen LogP contribution < -0.4 is 0 Å². The molecule has 0 radical (unpaired) electrons. The first-order valence-electron chi connectivity index (χ1n) is 7.42. The number of hydrogen-bond acceptors (Lipinski definition) is 2. The zero-order valence-corrected chi connectivity index (χ0v) is 14.0. The normalized spacial score (nSPS) is 11.4. The molecule has 3 heteroatoms. The quantitative estimate of drug-likeness (QED) is 0.698. The highest BCUT2D eigenvalue weighted by Gasteiger charge is 2.10. The van der Waals surface area contributed by atoms with Gasteiger partial charge in [-0.05, 0) is 41.3 Å². The number of sulfone groups is 1. The summed E-state index contributed by atoms with van der Waals surface area (Å²) in [6.07, 6.45) is 1.22. The lowest BCUT2D eigenvalue weighted by molar-refractivity contribution is 0.602. The van der Waals surface area contributed by atoms with Crippen LogP contribution in [-0.4, -0.2) is 14.7 Å². The third-order valence-corrected chi connectivity index (χ3v) is 5.01. The van der Waals surface area contributed by atoms with Crippen molar-refractivity contribution in [1.29, 1.82) is 0 Å². The zero-order chi connectivity index (χ0) is 16.4. The van der Waals surface area contributed by atoms with Crippen molar-refractivity contribution < 1.29 is 8.42 Å². The molecule has 0 saturated heterocycles. The Morgan fingerprint density at radius 3 is 1.52 bits per heavy atom. The monoisotopic (exact) mass is 322 g/mol. The van der Waals surface area contributed by atoms with Gasteiger partial charge in [0.15, 0.2) is 9.84 Å². The summed E-state index contributed by atoms with van der Waals surface area (Å²) in [5.41, 5.74) is 5.62. The Morgan fingerprint density at radius 2 is 1.09 bits per heavy atom. The lowest BCUT2D eigenvalue weighted by Crippen LogP contribution is -1.96. The molecule has 0 atom stereocenters. The molecule has 3 rings (SSSR count). The molecule has 23 heavy (non-hydrogen) atoms. The second-order valence-electron chi connectivity index (χ2n) is 5.71. The lowest BCUT2D eigenvalue weighted by atomic mass is 9.94. The predicted molar refractivity (Wildman–Crippen MR) is 95.2 cm³/mol. The molecule has 0 aliphatic carbocycles. The van der Waals surface area contributed by atoms with Gasteiger partial charge in [-0.2, -0.15) is 0 Å². The van der Waals surface area contributed by atoms with Crippen LogP contribution in [0.2, 0.25) is 0 Å². The largest absolute Gasteiger partial charge is 0.224 e. The summed E-state index contributed by atoms with van der Waals surface area (Å²) in [5, 5.41) is 0. The van der Waals surface area contributed by atoms with Gasteiger partial charge in [0, 0.05) is 6.26 Å². The van der Waals surface area contributed by atoms with Crippen LogP contribution in [0.25, 0.3) is 22.3 Å². The van der Waals surface area contributed by atoms with Gasteiger partial charge in [-0.15, -0.1) is 0 Å². The van der Waals surface area contributed by atoms with Gasteiger partial charge in [0.05, 0.1) is 4.90 Å². The van der Waals surface area contributed by atoms with Gasteiger partial charge in [0.1, 0.15) is 0 Å². The van der Waals surface area contributed by atoms with E-state index >= 15 is 0 Å². The summed E-state index contributed by atoms with van der Waals surface area (Å²) in [5.74, 6) is 0. The highest BCUT2D eigenvalue weighted by molar-refractivity contribution is 7.90. The SMILES string of the molecule is Cc1ccc(-c2ccccc2-c2ccc(S(C)(=O)=O)cc2)cc1. The fourth-order valence-electron chi connectivity index (χ4n) is 2.60. The lowest BCUT2D eigenvalue weighted by Gasteiger charge is -2.11. The number of benzene rings is 3. The topological polar surface area (TPSA) is 34.1 Å². The Bertz CT molecular complexity index is 922. The van der Waals surface area contributed by atoms with Crippen LogP contribution in [0.1, 0.15) is 5.56 Å². The maximum absolute atomic E-state index is 11.6. The third kappa shape index (κ3) is 3.35. The van der Waals surface area contributed by atoms with Gasteiger partial charge in [-0.3, -0.25) is 0 Å². The van der Waals surface area contributed by atoms with Crippen molar-refractivity contribution in [1.82, 2.24) is 0 Å². The highest BCUT2D eigenvalue weighted by Crippen LogP contribution is 2.32. The van der Waals surface area contributed by atoms with Crippen molar-refractivity contribution in [2.45, 2.75) is 11.8 Å². The van der Waals surface area contributed by atoms with Gasteiger partial charge < -0.3 is 0 Å². The van der Waals surface area contributed by atoms with Crippen molar-refractivity contribution in [3.05, 3.63) is 78.4 Å². The summed E-state index contributed by atoms with van der Waals surface area (Å²) < 4.78 is 23.2. The Kier molecular flexibility index (Phi) is 4.05. The molecule has 3 aromatic carbocycles. The zero-order valence-electron chi connectivity index (χ0n) is 13.2. The van der Waals surface area contributed by atoms with Crippen LogP contribution in [-0.2, 0) is 9.84 Å². The first kappa shape index (κ1) is 15.5. The van der Waals surface area contributed by atoms with E-state index in [1.165, 1.54) is 11.8 Å². The summed E-state index contributed by atoms with van der Waals surface area (Å²) in [4.78, 5) is 0.342. The molecular weight excluding hydrogens is 304 g/mol. The molecule has 0 heterocycles. The Morgan fingerprint density at radius 1 is 0.652 bits per heavy atom. The van der Waals surface area contributed by atoms with E-state index in [2.05, 4.69) is 43.3 Å². The molecule has 0 aliphatic rings. The minimum Gasteiger partial charge on any atom is -0.224 e.